The second kappa shape index (κ2) is 6.26. The lowest BCUT2D eigenvalue weighted by molar-refractivity contribution is 0.279. The zero-order valence-corrected chi connectivity index (χ0v) is 12.6. The van der Waals surface area contributed by atoms with Crippen LogP contribution in [0.5, 0.6) is 5.75 Å². The molecule has 0 unspecified atom stereocenters. The van der Waals surface area contributed by atoms with E-state index in [2.05, 4.69) is 39.1 Å². The summed E-state index contributed by atoms with van der Waals surface area (Å²) >= 11 is 0. The minimum atomic E-state index is 0.557. The predicted molar refractivity (Wildman–Crippen MR) is 81.3 cm³/mol. The van der Waals surface area contributed by atoms with Crippen LogP contribution in [0.25, 0.3) is 0 Å². The molecule has 0 spiro atoms. The highest BCUT2D eigenvalue weighted by atomic mass is 16.5. The molecule has 1 aromatic heterocycles. The number of hydrogen-bond donors (Lipinski definition) is 1. The number of para-hydroxylation sites is 1. The quantitative estimate of drug-likeness (QED) is 0.885. The van der Waals surface area contributed by atoms with E-state index >= 15 is 0 Å². The molecule has 1 aromatic carbocycles. The topological polar surface area (TPSA) is 52.0 Å². The Balaban J connectivity index is 1.52. The largest absolute Gasteiger partial charge is 0.496 e. The first-order valence-electron chi connectivity index (χ1n) is 7.54. The van der Waals surface area contributed by atoms with E-state index in [9.17, 15) is 0 Å². The molecule has 0 saturated heterocycles. The zero-order chi connectivity index (χ0) is 14.7. The van der Waals surface area contributed by atoms with Crippen molar-refractivity contribution in [2.24, 2.45) is 0 Å². The SMILES string of the molecule is CCn1cnnc1CNC1CC(c2ccccc2OC)C1. The maximum Gasteiger partial charge on any atom is 0.146 e. The number of aryl methyl sites for hydroxylation is 1. The molecule has 0 aliphatic heterocycles. The van der Waals surface area contributed by atoms with Crippen LogP contribution in [0.1, 0.15) is 37.1 Å². The molecule has 0 amide bonds. The first-order valence-corrected chi connectivity index (χ1v) is 7.54. The van der Waals surface area contributed by atoms with E-state index in [1.54, 1.807) is 13.4 Å². The fourth-order valence-corrected chi connectivity index (χ4v) is 2.96. The molecular formula is C16H22N4O. The van der Waals surface area contributed by atoms with Gasteiger partial charge in [0, 0.05) is 12.6 Å². The van der Waals surface area contributed by atoms with Gasteiger partial charge in [-0.25, -0.2) is 0 Å². The van der Waals surface area contributed by atoms with E-state index in [0.29, 0.717) is 12.0 Å². The summed E-state index contributed by atoms with van der Waals surface area (Å²) in [4.78, 5) is 0. The van der Waals surface area contributed by atoms with Gasteiger partial charge < -0.3 is 14.6 Å². The third-order valence-electron chi connectivity index (χ3n) is 4.30. The van der Waals surface area contributed by atoms with Crippen LogP contribution in [0.3, 0.4) is 0 Å². The van der Waals surface area contributed by atoms with Crippen LogP contribution < -0.4 is 10.1 Å². The molecule has 1 saturated carbocycles. The molecule has 1 aliphatic rings. The van der Waals surface area contributed by atoms with Crippen molar-refractivity contribution in [2.75, 3.05) is 7.11 Å². The number of hydrogen-bond acceptors (Lipinski definition) is 4. The number of nitrogens with zero attached hydrogens (tertiary/aromatic N) is 3. The summed E-state index contributed by atoms with van der Waals surface area (Å²) in [7, 11) is 1.74. The van der Waals surface area contributed by atoms with E-state index in [1.807, 2.05) is 12.1 Å². The molecule has 112 valence electrons. The van der Waals surface area contributed by atoms with E-state index in [-0.39, 0.29) is 0 Å². The van der Waals surface area contributed by atoms with Gasteiger partial charge in [0.25, 0.3) is 0 Å². The van der Waals surface area contributed by atoms with Gasteiger partial charge in [-0.3, -0.25) is 0 Å². The molecule has 0 atom stereocenters. The lowest BCUT2D eigenvalue weighted by Gasteiger charge is -2.36. The Morgan fingerprint density at radius 1 is 1.33 bits per heavy atom. The Morgan fingerprint density at radius 3 is 2.90 bits per heavy atom. The van der Waals surface area contributed by atoms with Crippen LogP contribution in [0.4, 0.5) is 0 Å². The highest BCUT2D eigenvalue weighted by Gasteiger charge is 2.31. The number of methoxy groups -OCH3 is 1. The van der Waals surface area contributed by atoms with E-state index < -0.39 is 0 Å². The lowest BCUT2D eigenvalue weighted by atomic mass is 9.75. The standard InChI is InChI=1S/C16H22N4O/c1-3-20-11-18-19-16(20)10-17-13-8-12(9-13)14-6-4-5-7-15(14)21-2/h4-7,11-13,17H,3,8-10H2,1-2H3. The van der Waals surface area contributed by atoms with Crippen LogP contribution in [-0.2, 0) is 13.1 Å². The molecule has 0 radical (unpaired) electrons. The maximum absolute atomic E-state index is 5.44. The van der Waals surface area contributed by atoms with Crippen LogP contribution >= 0.6 is 0 Å². The summed E-state index contributed by atoms with van der Waals surface area (Å²) in [6.07, 6.45) is 4.09. The number of benzene rings is 1. The number of nitrogens with one attached hydrogen (secondary N) is 1. The van der Waals surface area contributed by atoms with Crippen LogP contribution in [0.2, 0.25) is 0 Å². The fourth-order valence-electron chi connectivity index (χ4n) is 2.96. The number of rotatable bonds is 6. The first kappa shape index (κ1) is 14.1. The minimum Gasteiger partial charge on any atom is -0.496 e. The second-order valence-corrected chi connectivity index (χ2v) is 5.52. The van der Waals surface area contributed by atoms with Gasteiger partial charge >= 0.3 is 0 Å². The Hall–Kier alpha value is -1.88. The normalized spacial score (nSPS) is 21.0. The van der Waals surface area contributed by atoms with Crippen molar-refractivity contribution >= 4 is 0 Å². The molecule has 0 bridgehead atoms. The van der Waals surface area contributed by atoms with Crippen LogP contribution in [-0.4, -0.2) is 27.9 Å². The van der Waals surface area contributed by atoms with Crippen molar-refractivity contribution in [1.82, 2.24) is 20.1 Å². The van der Waals surface area contributed by atoms with Crippen molar-refractivity contribution in [3.63, 3.8) is 0 Å². The molecular weight excluding hydrogens is 264 g/mol. The minimum absolute atomic E-state index is 0.557. The van der Waals surface area contributed by atoms with Gasteiger partial charge in [0.05, 0.1) is 13.7 Å². The molecule has 21 heavy (non-hydrogen) atoms. The Morgan fingerprint density at radius 2 is 2.14 bits per heavy atom. The molecule has 1 heterocycles. The zero-order valence-electron chi connectivity index (χ0n) is 12.6. The van der Waals surface area contributed by atoms with Crippen molar-refractivity contribution in [2.45, 2.75) is 44.8 Å². The highest BCUT2D eigenvalue weighted by Crippen LogP contribution is 2.40. The van der Waals surface area contributed by atoms with Gasteiger partial charge in [-0.2, -0.15) is 0 Å². The molecule has 5 nitrogen and oxygen atoms in total. The van der Waals surface area contributed by atoms with Crippen molar-refractivity contribution in [1.29, 1.82) is 0 Å². The average Bonchev–Trinajstić information content (AvgIpc) is 2.93. The fraction of sp³-hybridized carbons (Fsp3) is 0.500. The molecule has 1 fully saturated rings. The van der Waals surface area contributed by atoms with E-state index in [4.69, 9.17) is 4.74 Å². The third-order valence-corrected chi connectivity index (χ3v) is 4.30. The molecule has 1 N–H and O–H groups in total. The summed E-state index contributed by atoms with van der Waals surface area (Å²) in [5.41, 5.74) is 1.33. The third kappa shape index (κ3) is 2.93. The monoisotopic (exact) mass is 286 g/mol. The summed E-state index contributed by atoms with van der Waals surface area (Å²) in [5.74, 6) is 2.62. The van der Waals surface area contributed by atoms with Gasteiger partial charge in [0.15, 0.2) is 0 Å². The highest BCUT2D eigenvalue weighted by molar-refractivity contribution is 5.37. The average molecular weight is 286 g/mol. The van der Waals surface area contributed by atoms with Gasteiger partial charge in [0.2, 0.25) is 0 Å². The summed E-state index contributed by atoms with van der Waals surface area (Å²) in [6.45, 7) is 3.81. The Labute approximate surface area is 125 Å². The van der Waals surface area contributed by atoms with E-state index in [1.165, 1.54) is 5.56 Å². The second-order valence-electron chi connectivity index (χ2n) is 5.52. The van der Waals surface area contributed by atoms with Gasteiger partial charge in [-0.15, -0.1) is 10.2 Å². The summed E-state index contributed by atoms with van der Waals surface area (Å²) < 4.78 is 7.52. The first-order chi connectivity index (χ1) is 10.3. The smallest absolute Gasteiger partial charge is 0.146 e. The van der Waals surface area contributed by atoms with Gasteiger partial charge in [-0.05, 0) is 37.3 Å². The van der Waals surface area contributed by atoms with Crippen LogP contribution in [0.15, 0.2) is 30.6 Å². The molecule has 3 rings (SSSR count). The predicted octanol–water partition coefficient (Wildman–Crippen LogP) is 2.34. The maximum atomic E-state index is 5.44. The van der Waals surface area contributed by atoms with Gasteiger partial charge in [-0.1, -0.05) is 18.2 Å². The number of ether oxygens (including phenoxy) is 1. The summed E-state index contributed by atoms with van der Waals surface area (Å²) in [5, 5.41) is 11.7. The Kier molecular flexibility index (Phi) is 4.20. The van der Waals surface area contributed by atoms with Crippen molar-refractivity contribution < 1.29 is 4.74 Å². The van der Waals surface area contributed by atoms with E-state index in [0.717, 1.165) is 37.5 Å². The van der Waals surface area contributed by atoms with Crippen molar-refractivity contribution in [3.8, 4) is 5.75 Å². The summed E-state index contributed by atoms with van der Waals surface area (Å²) in [6, 6.07) is 8.88. The van der Waals surface area contributed by atoms with Crippen LogP contribution in [0, 0.1) is 0 Å². The molecule has 5 heteroatoms. The number of aromatic nitrogens is 3. The molecule has 2 aromatic rings. The molecule has 1 aliphatic carbocycles. The van der Waals surface area contributed by atoms with Crippen molar-refractivity contribution in [3.05, 3.63) is 42.0 Å². The van der Waals surface area contributed by atoms with Gasteiger partial charge in [0.1, 0.15) is 17.9 Å². The Bertz CT molecular complexity index is 589. The lowest BCUT2D eigenvalue weighted by Crippen LogP contribution is -2.40.